The maximum Gasteiger partial charge on any atom is 0.306 e. The standard InChI is InChI=1S/C17H31ClO4/c1-2-3-9-14-21-16(19)11-12-17(20)22-15-10-7-5-4-6-8-13-18/h2-15H2,1H3. The highest BCUT2D eigenvalue weighted by atomic mass is 35.5. The summed E-state index contributed by atoms with van der Waals surface area (Å²) in [6, 6.07) is 0. The first kappa shape index (κ1) is 21.2. The van der Waals surface area contributed by atoms with Crippen molar-refractivity contribution in [3.8, 4) is 0 Å². The van der Waals surface area contributed by atoms with Crippen LogP contribution in [0.5, 0.6) is 0 Å². The van der Waals surface area contributed by atoms with Gasteiger partial charge in [0.1, 0.15) is 0 Å². The highest BCUT2D eigenvalue weighted by Crippen LogP contribution is 2.06. The number of rotatable bonds is 15. The molecule has 0 radical (unpaired) electrons. The summed E-state index contributed by atoms with van der Waals surface area (Å²) in [6.07, 6.45) is 9.79. The average molecular weight is 335 g/mol. The summed E-state index contributed by atoms with van der Waals surface area (Å²) >= 11 is 5.60. The van der Waals surface area contributed by atoms with Crippen molar-refractivity contribution in [2.24, 2.45) is 0 Å². The van der Waals surface area contributed by atoms with Gasteiger partial charge in [0.05, 0.1) is 26.1 Å². The summed E-state index contributed by atoms with van der Waals surface area (Å²) in [4.78, 5) is 22.8. The molecule has 0 aromatic heterocycles. The van der Waals surface area contributed by atoms with Crippen LogP contribution in [0.15, 0.2) is 0 Å². The molecule has 0 aliphatic rings. The molecule has 5 heteroatoms. The third-order valence-corrected chi connectivity index (χ3v) is 3.60. The second-order valence-electron chi connectivity index (χ2n) is 5.46. The van der Waals surface area contributed by atoms with Gasteiger partial charge in [0.2, 0.25) is 0 Å². The SMILES string of the molecule is CCCCCOC(=O)CCC(=O)OCCCCCCCCCl. The van der Waals surface area contributed by atoms with Crippen LogP contribution in [0.3, 0.4) is 0 Å². The number of ether oxygens (including phenoxy) is 2. The van der Waals surface area contributed by atoms with E-state index in [9.17, 15) is 9.59 Å². The van der Waals surface area contributed by atoms with Gasteiger partial charge >= 0.3 is 11.9 Å². The molecule has 0 aliphatic carbocycles. The fourth-order valence-electron chi connectivity index (χ4n) is 1.98. The summed E-state index contributed by atoms with van der Waals surface area (Å²) in [5.74, 6) is 0.110. The van der Waals surface area contributed by atoms with Crippen molar-refractivity contribution >= 4 is 23.5 Å². The van der Waals surface area contributed by atoms with E-state index in [1.54, 1.807) is 0 Å². The molecule has 0 heterocycles. The summed E-state index contributed by atoms with van der Waals surface area (Å²) in [5.41, 5.74) is 0. The molecular weight excluding hydrogens is 304 g/mol. The van der Waals surface area contributed by atoms with Crippen molar-refractivity contribution in [2.75, 3.05) is 19.1 Å². The first-order valence-corrected chi connectivity index (χ1v) is 9.11. The lowest BCUT2D eigenvalue weighted by Gasteiger charge is -2.06. The van der Waals surface area contributed by atoms with Crippen molar-refractivity contribution in [1.82, 2.24) is 0 Å². The molecule has 0 spiro atoms. The Kier molecular flexibility index (Phi) is 16.0. The van der Waals surface area contributed by atoms with Crippen LogP contribution >= 0.6 is 11.6 Å². The van der Waals surface area contributed by atoms with Crippen molar-refractivity contribution in [3.05, 3.63) is 0 Å². The molecule has 0 rings (SSSR count). The number of carbonyl (C=O) groups excluding carboxylic acids is 2. The predicted molar refractivity (Wildman–Crippen MR) is 89.1 cm³/mol. The van der Waals surface area contributed by atoms with Crippen LogP contribution in [0.25, 0.3) is 0 Å². The Balaban J connectivity index is 3.33. The van der Waals surface area contributed by atoms with Crippen LogP contribution in [-0.4, -0.2) is 31.0 Å². The maximum atomic E-state index is 11.5. The summed E-state index contributed by atoms with van der Waals surface area (Å²) in [7, 11) is 0. The van der Waals surface area contributed by atoms with Crippen LogP contribution in [0.1, 0.15) is 77.6 Å². The van der Waals surface area contributed by atoms with Gasteiger partial charge in [0.25, 0.3) is 0 Å². The minimum atomic E-state index is -0.313. The van der Waals surface area contributed by atoms with Gasteiger partial charge in [0.15, 0.2) is 0 Å². The van der Waals surface area contributed by atoms with E-state index in [-0.39, 0.29) is 24.8 Å². The van der Waals surface area contributed by atoms with Crippen LogP contribution < -0.4 is 0 Å². The van der Waals surface area contributed by atoms with E-state index >= 15 is 0 Å². The van der Waals surface area contributed by atoms with Crippen molar-refractivity contribution < 1.29 is 19.1 Å². The van der Waals surface area contributed by atoms with E-state index in [1.807, 2.05) is 0 Å². The molecule has 0 amide bonds. The molecule has 0 N–H and O–H groups in total. The first-order valence-electron chi connectivity index (χ1n) is 8.58. The molecule has 0 aliphatic heterocycles. The van der Waals surface area contributed by atoms with E-state index in [2.05, 4.69) is 6.92 Å². The molecule has 0 aromatic carbocycles. The number of halogens is 1. The van der Waals surface area contributed by atoms with Crippen LogP contribution in [0, 0.1) is 0 Å². The Morgan fingerprint density at radius 1 is 0.727 bits per heavy atom. The number of unbranched alkanes of at least 4 members (excludes halogenated alkanes) is 7. The first-order chi connectivity index (χ1) is 10.7. The van der Waals surface area contributed by atoms with E-state index in [4.69, 9.17) is 21.1 Å². The smallest absolute Gasteiger partial charge is 0.306 e. The Hall–Kier alpha value is -0.770. The lowest BCUT2D eigenvalue weighted by molar-refractivity contribution is -0.150. The second kappa shape index (κ2) is 16.6. The topological polar surface area (TPSA) is 52.6 Å². The Bertz CT molecular complexity index is 282. The lowest BCUT2D eigenvalue weighted by atomic mass is 10.1. The van der Waals surface area contributed by atoms with Gasteiger partial charge in [-0.15, -0.1) is 11.6 Å². The van der Waals surface area contributed by atoms with Gasteiger partial charge in [-0.05, 0) is 19.3 Å². The monoisotopic (exact) mass is 334 g/mol. The third-order valence-electron chi connectivity index (χ3n) is 3.34. The Labute approximate surface area is 139 Å². The quantitative estimate of drug-likeness (QED) is 0.249. The van der Waals surface area contributed by atoms with Gasteiger partial charge in [-0.1, -0.05) is 45.4 Å². The zero-order valence-electron chi connectivity index (χ0n) is 13.9. The van der Waals surface area contributed by atoms with Crippen LogP contribution in [-0.2, 0) is 19.1 Å². The number of hydrogen-bond acceptors (Lipinski definition) is 4. The van der Waals surface area contributed by atoms with E-state index in [0.717, 1.165) is 50.8 Å². The molecule has 0 atom stereocenters. The number of esters is 2. The molecule has 0 bridgehead atoms. The van der Waals surface area contributed by atoms with Gasteiger partial charge in [-0.2, -0.15) is 0 Å². The van der Waals surface area contributed by atoms with Crippen LogP contribution in [0.4, 0.5) is 0 Å². The molecule has 0 saturated heterocycles. The zero-order chi connectivity index (χ0) is 16.5. The average Bonchev–Trinajstić information content (AvgIpc) is 2.52. The maximum absolute atomic E-state index is 11.5. The van der Waals surface area contributed by atoms with Gasteiger partial charge < -0.3 is 9.47 Å². The minimum Gasteiger partial charge on any atom is -0.466 e. The van der Waals surface area contributed by atoms with Crippen molar-refractivity contribution in [2.45, 2.75) is 77.6 Å². The normalized spacial score (nSPS) is 10.5. The highest BCUT2D eigenvalue weighted by molar-refractivity contribution is 6.17. The molecule has 22 heavy (non-hydrogen) atoms. The van der Waals surface area contributed by atoms with Gasteiger partial charge in [-0.3, -0.25) is 9.59 Å². The molecule has 0 fully saturated rings. The van der Waals surface area contributed by atoms with Gasteiger partial charge in [0, 0.05) is 5.88 Å². The van der Waals surface area contributed by atoms with E-state index in [0.29, 0.717) is 13.2 Å². The fourth-order valence-corrected chi connectivity index (χ4v) is 2.17. The zero-order valence-corrected chi connectivity index (χ0v) is 14.7. The summed E-state index contributed by atoms with van der Waals surface area (Å²) < 4.78 is 10.1. The lowest BCUT2D eigenvalue weighted by Crippen LogP contribution is -2.11. The Morgan fingerprint density at radius 3 is 1.68 bits per heavy atom. The molecule has 0 saturated carbocycles. The van der Waals surface area contributed by atoms with E-state index < -0.39 is 0 Å². The molecule has 130 valence electrons. The molecule has 4 nitrogen and oxygen atoms in total. The molecule has 0 aromatic rings. The number of carbonyl (C=O) groups is 2. The third kappa shape index (κ3) is 15.6. The predicted octanol–water partition coefficient (Wildman–Crippen LogP) is 4.62. The van der Waals surface area contributed by atoms with Crippen LogP contribution in [0.2, 0.25) is 0 Å². The van der Waals surface area contributed by atoms with Crippen molar-refractivity contribution in [3.63, 3.8) is 0 Å². The molecular formula is C17H31ClO4. The van der Waals surface area contributed by atoms with Gasteiger partial charge in [-0.25, -0.2) is 0 Å². The number of alkyl halides is 1. The van der Waals surface area contributed by atoms with Crippen molar-refractivity contribution in [1.29, 1.82) is 0 Å². The number of hydrogen-bond donors (Lipinski definition) is 0. The fraction of sp³-hybridized carbons (Fsp3) is 0.882. The second-order valence-corrected chi connectivity index (χ2v) is 5.84. The Morgan fingerprint density at radius 2 is 1.18 bits per heavy atom. The largest absolute Gasteiger partial charge is 0.466 e. The highest BCUT2D eigenvalue weighted by Gasteiger charge is 2.08. The molecule has 0 unspecified atom stereocenters. The summed E-state index contributed by atoms with van der Waals surface area (Å²) in [6.45, 7) is 2.99. The minimum absolute atomic E-state index is 0.113. The summed E-state index contributed by atoms with van der Waals surface area (Å²) in [5, 5.41) is 0. The van der Waals surface area contributed by atoms with E-state index in [1.165, 1.54) is 12.8 Å².